The zero-order valence-electron chi connectivity index (χ0n) is 5.84. The number of hydrogen-bond donors (Lipinski definition) is 2. The minimum absolute atomic E-state index is 0.0938. The highest BCUT2D eigenvalue weighted by molar-refractivity contribution is 4.22. The minimum atomic E-state index is 0.0938. The fourth-order valence-electron chi connectivity index (χ4n) is 0.0707. The second kappa shape index (κ2) is 52.6. The van der Waals surface area contributed by atoms with Crippen LogP contribution in [0.3, 0.4) is 0 Å². The third-order valence-corrected chi connectivity index (χ3v) is 0.316. The molecule has 0 aliphatic carbocycles. The van der Waals surface area contributed by atoms with Gasteiger partial charge in [0.1, 0.15) is 0 Å². The van der Waals surface area contributed by atoms with Crippen molar-refractivity contribution in [2.75, 3.05) is 13.2 Å². The van der Waals surface area contributed by atoms with Gasteiger partial charge in [0.15, 0.2) is 0 Å². The molecule has 0 rings (SSSR count). The molecule has 0 aromatic heterocycles. The van der Waals surface area contributed by atoms with E-state index in [9.17, 15) is 0 Å². The van der Waals surface area contributed by atoms with Gasteiger partial charge in [0, 0.05) is 13.2 Å². The summed E-state index contributed by atoms with van der Waals surface area (Å²) < 4.78 is 0. The molecule has 0 aliphatic heterocycles. The van der Waals surface area contributed by atoms with Crippen molar-refractivity contribution in [1.29, 1.82) is 0 Å². The molecule has 0 heterocycles. The van der Waals surface area contributed by atoms with Gasteiger partial charge in [-0.2, -0.15) is 0 Å². The van der Waals surface area contributed by atoms with Crippen LogP contribution in [0.1, 0.15) is 6.42 Å². The van der Waals surface area contributed by atoms with Gasteiger partial charge in [-0.25, -0.2) is 0 Å². The summed E-state index contributed by atoms with van der Waals surface area (Å²) in [6, 6.07) is 0. The summed E-state index contributed by atoms with van der Waals surface area (Å²) in [7, 11) is 0. The van der Waals surface area contributed by atoms with Crippen molar-refractivity contribution in [2.24, 2.45) is 0 Å². The summed E-state index contributed by atoms with van der Waals surface area (Å²) >= 11 is 0. The van der Waals surface area contributed by atoms with Crippen molar-refractivity contribution in [3.05, 3.63) is 26.3 Å². The molecule has 0 amide bonds. The molecule has 0 bridgehead atoms. The van der Waals surface area contributed by atoms with E-state index in [2.05, 4.69) is 26.3 Å². The largest absolute Gasteiger partial charge is 0.396 e. The van der Waals surface area contributed by atoms with Crippen molar-refractivity contribution in [1.82, 2.24) is 0 Å². The molecule has 0 spiro atoms. The Balaban J connectivity index is -0.0000000771. The Bertz CT molecular complexity index is 26.1. The molecule has 9 heavy (non-hydrogen) atoms. The highest BCUT2D eigenvalue weighted by Gasteiger charge is 1.70. The molecule has 0 aromatic carbocycles. The van der Waals surface area contributed by atoms with Crippen LogP contribution in [0, 0.1) is 0 Å². The Morgan fingerprint density at radius 2 is 1.00 bits per heavy atom. The normalized spacial score (nSPS) is 5.56. The summed E-state index contributed by atoms with van der Waals surface area (Å²) in [5.41, 5.74) is 0. The molecule has 2 N–H and O–H groups in total. The van der Waals surface area contributed by atoms with Crippen LogP contribution in [0.25, 0.3) is 0 Å². The summed E-state index contributed by atoms with van der Waals surface area (Å²) in [4.78, 5) is 0. The molecule has 2 nitrogen and oxygen atoms in total. The van der Waals surface area contributed by atoms with Crippen molar-refractivity contribution in [3.8, 4) is 0 Å². The molecule has 0 aromatic rings. The van der Waals surface area contributed by atoms with Crippen LogP contribution < -0.4 is 0 Å². The molecule has 0 atom stereocenters. The summed E-state index contributed by atoms with van der Waals surface area (Å²) in [6.07, 6.45) is 0.500. The maximum absolute atomic E-state index is 7.91. The van der Waals surface area contributed by atoms with Gasteiger partial charge in [-0.05, 0) is 6.42 Å². The van der Waals surface area contributed by atoms with Crippen LogP contribution in [0.4, 0.5) is 0 Å². The predicted molar refractivity (Wildman–Crippen MR) is 41.3 cm³/mol. The van der Waals surface area contributed by atoms with E-state index in [1.807, 2.05) is 0 Å². The van der Waals surface area contributed by atoms with E-state index in [1.165, 1.54) is 0 Å². The van der Waals surface area contributed by atoms with E-state index >= 15 is 0 Å². The zero-order chi connectivity index (χ0) is 8.12. The molecule has 0 saturated heterocycles. The van der Waals surface area contributed by atoms with Gasteiger partial charge in [-0.15, -0.1) is 26.3 Å². The zero-order valence-corrected chi connectivity index (χ0v) is 5.84. The van der Waals surface area contributed by atoms with E-state index in [0.29, 0.717) is 6.42 Å². The van der Waals surface area contributed by atoms with Gasteiger partial charge in [0.2, 0.25) is 0 Å². The van der Waals surface area contributed by atoms with Gasteiger partial charge >= 0.3 is 0 Å². The fourth-order valence-corrected chi connectivity index (χ4v) is 0.0707. The van der Waals surface area contributed by atoms with Crippen molar-refractivity contribution < 1.29 is 10.2 Å². The lowest BCUT2D eigenvalue weighted by Gasteiger charge is -1.79. The third-order valence-electron chi connectivity index (χ3n) is 0.316. The summed E-state index contributed by atoms with van der Waals surface area (Å²) in [5.74, 6) is 0. The molecule has 2 heteroatoms. The Morgan fingerprint density at radius 1 is 0.778 bits per heavy atom. The van der Waals surface area contributed by atoms with Gasteiger partial charge in [-0.1, -0.05) is 0 Å². The lowest BCUT2D eigenvalue weighted by atomic mass is 10.5. The molecular formula is C7H16O2. The Hall–Kier alpha value is -0.600. The van der Waals surface area contributed by atoms with Crippen molar-refractivity contribution >= 4 is 0 Å². The highest BCUT2D eigenvalue weighted by atomic mass is 16.3. The first-order valence-electron chi connectivity index (χ1n) is 2.63. The van der Waals surface area contributed by atoms with Crippen LogP contribution in [-0.2, 0) is 0 Å². The average Bonchev–Trinajstić information content (AvgIpc) is 1.98. The van der Waals surface area contributed by atoms with E-state index in [4.69, 9.17) is 10.2 Å². The van der Waals surface area contributed by atoms with E-state index in [1.54, 1.807) is 0 Å². The first-order chi connectivity index (χ1) is 4.41. The molecule has 56 valence electrons. The first kappa shape index (κ1) is 15.8. The van der Waals surface area contributed by atoms with Crippen LogP contribution in [-0.4, -0.2) is 23.4 Å². The minimum Gasteiger partial charge on any atom is -0.396 e. The van der Waals surface area contributed by atoms with Crippen LogP contribution in [0.2, 0.25) is 0 Å². The monoisotopic (exact) mass is 132 g/mol. The topological polar surface area (TPSA) is 40.5 Å². The average molecular weight is 132 g/mol. The van der Waals surface area contributed by atoms with Crippen LogP contribution >= 0.6 is 0 Å². The van der Waals surface area contributed by atoms with Gasteiger partial charge in [0.25, 0.3) is 0 Å². The van der Waals surface area contributed by atoms with Crippen molar-refractivity contribution in [3.63, 3.8) is 0 Å². The number of aliphatic hydroxyl groups excluding tert-OH is 2. The van der Waals surface area contributed by atoms with E-state index in [0.717, 1.165) is 0 Å². The van der Waals surface area contributed by atoms with Crippen LogP contribution in [0.5, 0.6) is 0 Å². The standard InChI is InChI=1S/C3H8O2.2C2H4/c4-2-1-3-5;2*1-2/h4-5H,1-3H2;2*1-2H2. The van der Waals surface area contributed by atoms with E-state index < -0.39 is 0 Å². The summed E-state index contributed by atoms with van der Waals surface area (Å²) in [6.45, 7) is 12.2. The quantitative estimate of drug-likeness (QED) is 0.549. The van der Waals surface area contributed by atoms with Crippen LogP contribution in [0.15, 0.2) is 26.3 Å². The Morgan fingerprint density at radius 3 is 1.00 bits per heavy atom. The second-order valence-electron chi connectivity index (χ2n) is 0.801. The maximum atomic E-state index is 7.91. The fraction of sp³-hybridized carbons (Fsp3) is 0.429. The lowest BCUT2D eigenvalue weighted by Crippen LogP contribution is -1.85. The Kier molecular flexibility index (Phi) is 92.2. The van der Waals surface area contributed by atoms with Gasteiger partial charge in [0.05, 0.1) is 0 Å². The summed E-state index contributed by atoms with van der Waals surface area (Å²) in [5, 5.41) is 15.8. The predicted octanol–water partition coefficient (Wildman–Crippen LogP) is 0.965. The third kappa shape index (κ3) is 110. The van der Waals surface area contributed by atoms with Crippen molar-refractivity contribution in [2.45, 2.75) is 6.42 Å². The van der Waals surface area contributed by atoms with E-state index in [-0.39, 0.29) is 13.2 Å². The van der Waals surface area contributed by atoms with Gasteiger partial charge in [-0.3, -0.25) is 0 Å². The molecule has 0 radical (unpaired) electrons. The lowest BCUT2D eigenvalue weighted by molar-refractivity contribution is 0.221. The number of rotatable bonds is 2. The molecule has 0 unspecified atom stereocenters. The highest BCUT2D eigenvalue weighted by Crippen LogP contribution is 1.65. The number of aliphatic hydroxyl groups is 2. The number of hydrogen-bond acceptors (Lipinski definition) is 2. The molecular weight excluding hydrogens is 116 g/mol. The second-order valence-corrected chi connectivity index (χ2v) is 0.801. The Labute approximate surface area is 57.1 Å². The molecule has 0 fully saturated rings. The van der Waals surface area contributed by atoms with Gasteiger partial charge < -0.3 is 10.2 Å². The first-order valence-corrected chi connectivity index (χ1v) is 2.63. The molecule has 0 aliphatic rings. The SMILES string of the molecule is C=C.C=C.OCCCO. The maximum Gasteiger partial charge on any atom is 0.0452 e. The molecule has 0 saturated carbocycles. The smallest absolute Gasteiger partial charge is 0.0452 e.